The van der Waals surface area contributed by atoms with Crippen LogP contribution in [0.1, 0.15) is 35.8 Å². The molecule has 0 bridgehead atoms. The molecule has 18 heavy (non-hydrogen) atoms. The Morgan fingerprint density at radius 3 is 2.56 bits per heavy atom. The molecule has 98 valence electrons. The molecule has 1 aromatic heterocycles. The summed E-state index contributed by atoms with van der Waals surface area (Å²) in [5.41, 5.74) is -0.0408. The molecule has 2 rings (SSSR count). The van der Waals surface area contributed by atoms with Crippen LogP contribution in [0.25, 0.3) is 0 Å². The summed E-state index contributed by atoms with van der Waals surface area (Å²) in [6.45, 7) is 3.34. The lowest BCUT2D eigenvalue weighted by Gasteiger charge is -2.26. The van der Waals surface area contributed by atoms with Crippen LogP contribution in [-0.2, 0) is 11.8 Å². The first-order chi connectivity index (χ1) is 8.36. The fourth-order valence-corrected chi connectivity index (χ4v) is 2.02. The van der Waals surface area contributed by atoms with Gasteiger partial charge in [0.05, 0.1) is 11.8 Å². The number of amides is 1. The van der Waals surface area contributed by atoms with E-state index in [1.807, 2.05) is 0 Å². The topological polar surface area (TPSA) is 84.2 Å². The van der Waals surface area contributed by atoms with Crippen molar-refractivity contribution >= 4 is 11.9 Å². The maximum atomic E-state index is 12.1. The van der Waals surface area contributed by atoms with Crippen molar-refractivity contribution in [1.29, 1.82) is 0 Å². The molecule has 1 fully saturated rings. The number of nitrogens with one attached hydrogen (secondary N) is 1. The number of aromatic nitrogens is 2. The van der Waals surface area contributed by atoms with Crippen molar-refractivity contribution in [3.63, 3.8) is 0 Å². The SMILES string of the molecule is Cc1c(C(=O)N[C@](C)(C(=O)O)C2CC2)cnn1C. The molecule has 1 aromatic rings. The molecule has 1 saturated carbocycles. The van der Waals surface area contributed by atoms with Crippen molar-refractivity contribution in [3.8, 4) is 0 Å². The number of rotatable bonds is 4. The number of carboxylic acids is 1. The van der Waals surface area contributed by atoms with E-state index in [9.17, 15) is 14.7 Å². The number of aliphatic carboxylic acids is 1. The molecule has 1 heterocycles. The summed E-state index contributed by atoms with van der Waals surface area (Å²) in [5, 5.41) is 15.9. The van der Waals surface area contributed by atoms with E-state index in [1.54, 1.807) is 25.6 Å². The number of carboxylic acid groups (broad SMARTS) is 1. The van der Waals surface area contributed by atoms with Gasteiger partial charge in [0.1, 0.15) is 5.54 Å². The summed E-state index contributed by atoms with van der Waals surface area (Å²) >= 11 is 0. The lowest BCUT2D eigenvalue weighted by atomic mass is 9.95. The second-order valence-electron chi connectivity index (χ2n) is 5.00. The Bertz CT molecular complexity index is 505. The van der Waals surface area contributed by atoms with E-state index in [4.69, 9.17) is 0 Å². The molecule has 0 spiro atoms. The lowest BCUT2D eigenvalue weighted by Crippen LogP contribution is -2.54. The van der Waals surface area contributed by atoms with Crippen LogP contribution in [0.3, 0.4) is 0 Å². The van der Waals surface area contributed by atoms with Crippen LogP contribution in [0.4, 0.5) is 0 Å². The second kappa shape index (κ2) is 4.12. The van der Waals surface area contributed by atoms with Gasteiger partial charge in [-0.05, 0) is 32.6 Å². The highest BCUT2D eigenvalue weighted by atomic mass is 16.4. The maximum absolute atomic E-state index is 12.1. The van der Waals surface area contributed by atoms with Crippen LogP contribution in [0.15, 0.2) is 6.20 Å². The summed E-state index contributed by atoms with van der Waals surface area (Å²) < 4.78 is 1.59. The highest BCUT2D eigenvalue weighted by Crippen LogP contribution is 2.39. The van der Waals surface area contributed by atoms with Crippen LogP contribution < -0.4 is 5.32 Å². The summed E-state index contributed by atoms with van der Waals surface area (Å²) in [5.74, 6) is -1.34. The quantitative estimate of drug-likeness (QED) is 0.825. The van der Waals surface area contributed by atoms with Gasteiger partial charge in [-0.25, -0.2) is 4.79 Å². The van der Waals surface area contributed by atoms with E-state index in [0.29, 0.717) is 5.56 Å². The van der Waals surface area contributed by atoms with Gasteiger partial charge in [0.25, 0.3) is 5.91 Å². The fourth-order valence-electron chi connectivity index (χ4n) is 2.02. The third kappa shape index (κ3) is 1.98. The van der Waals surface area contributed by atoms with E-state index >= 15 is 0 Å². The molecule has 0 aliphatic heterocycles. The van der Waals surface area contributed by atoms with Gasteiger partial charge in [-0.2, -0.15) is 5.10 Å². The van der Waals surface area contributed by atoms with E-state index < -0.39 is 11.5 Å². The van der Waals surface area contributed by atoms with Crippen LogP contribution in [-0.4, -0.2) is 32.3 Å². The molecule has 0 aromatic carbocycles. The molecule has 0 unspecified atom stereocenters. The zero-order valence-electron chi connectivity index (χ0n) is 10.7. The van der Waals surface area contributed by atoms with Crippen molar-refractivity contribution < 1.29 is 14.7 Å². The first-order valence-corrected chi connectivity index (χ1v) is 5.90. The van der Waals surface area contributed by atoms with Gasteiger partial charge in [0.15, 0.2) is 0 Å². The zero-order valence-corrected chi connectivity index (χ0v) is 10.7. The van der Waals surface area contributed by atoms with Gasteiger partial charge >= 0.3 is 5.97 Å². The van der Waals surface area contributed by atoms with E-state index in [0.717, 1.165) is 18.5 Å². The van der Waals surface area contributed by atoms with Gasteiger partial charge in [0.2, 0.25) is 0 Å². The maximum Gasteiger partial charge on any atom is 0.329 e. The van der Waals surface area contributed by atoms with Gasteiger partial charge in [-0.15, -0.1) is 0 Å². The minimum absolute atomic E-state index is 0.0240. The summed E-state index contributed by atoms with van der Waals surface area (Å²) in [6.07, 6.45) is 3.14. The molecular formula is C12H17N3O3. The molecule has 1 atom stereocenters. The van der Waals surface area contributed by atoms with Crippen molar-refractivity contribution in [2.45, 2.75) is 32.2 Å². The number of carbonyl (C=O) groups excluding carboxylic acids is 1. The standard InChI is InChI=1S/C12H17N3O3/c1-7-9(6-13-15(7)3)10(16)14-12(2,11(17)18)8-4-5-8/h6,8H,4-5H2,1-3H3,(H,14,16)(H,17,18)/t12-/m0/s1. The predicted molar refractivity (Wildman–Crippen MR) is 64.2 cm³/mol. The largest absolute Gasteiger partial charge is 0.480 e. The monoisotopic (exact) mass is 251 g/mol. The number of hydrogen-bond acceptors (Lipinski definition) is 3. The molecule has 6 nitrogen and oxygen atoms in total. The number of aryl methyl sites for hydroxylation is 1. The van der Waals surface area contributed by atoms with Crippen molar-refractivity contribution in [3.05, 3.63) is 17.5 Å². The predicted octanol–water partition coefficient (Wildman–Crippen LogP) is 0.712. The molecule has 0 radical (unpaired) electrons. The minimum Gasteiger partial charge on any atom is -0.480 e. The van der Waals surface area contributed by atoms with Crippen molar-refractivity contribution in [2.75, 3.05) is 0 Å². The zero-order chi connectivity index (χ0) is 13.5. The Kier molecular flexibility index (Phi) is 2.88. The summed E-state index contributed by atoms with van der Waals surface area (Å²) in [6, 6.07) is 0. The third-order valence-corrected chi connectivity index (χ3v) is 3.69. The van der Waals surface area contributed by atoms with Gasteiger partial charge < -0.3 is 10.4 Å². The average molecular weight is 251 g/mol. The smallest absolute Gasteiger partial charge is 0.329 e. The normalized spacial score (nSPS) is 18.2. The number of carbonyl (C=O) groups is 2. The Hall–Kier alpha value is -1.85. The van der Waals surface area contributed by atoms with E-state index in [1.165, 1.54) is 6.20 Å². The fraction of sp³-hybridized carbons (Fsp3) is 0.583. The molecule has 1 amide bonds. The highest BCUT2D eigenvalue weighted by Gasteiger charge is 2.48. The highest BCUT2D eigenvalue weighted by molar-refractivity contribution is 5.98. The number of hydrogen-bond donors (Lipinski definition) is 2. The van der Waals surface area contributed by atoms with Crippen LogP contribution in [0.5, 0.6) is 0 Å². The Labute approximate surface area is 105 Å². The third-order valence-electron chi connectivity index (χ3n) is 3.69. The molecular weight excluding hydrogens is 234 g/mol. The first-order valence-electron chi connectivity index (χ1n) is 5.90. The van der Waals surface area contributed by atoms with Gasteiger partial charge in [-0.1, -0.05) is 0 Å². The molecule has 1 aliphatic carbocycles. The van der Waals surface area contributed by atoms with Crippen LogP contribution in [0, 0.1) is 12.8 Å². The first kappa shape index (κ1) is 12.6. The van der Waals surface area contributed by atoms with Crippen LogP contribution in [0.2, 0.25) is 0 Å². The lowest BCUT2D eigenvalue weighted by molar-refractivity contribution is -0.144. The van der Waals surface area contributed by atoms with E-state index in [-0.39, 0.29) is 11.8 Å². The van der Waals surface area contributed by atoms with Gasteiger partial charge in [0, 0.05) is 12.7 Å². The van der Waals surface area contributed by atoms with Crippen molar-refractivity contribution in [2.24, 2.45) is 13.0 Å². The molecule has 2 N–H and O–H groups in total. The number of nitrogens with zero attached hydrogens (tertiary/aromatic N) is 2. The second-order valence-corrected chi connectivity index (χ2v) is 5.00. The molecule has 0 saturated heterocycles. The molecule has 1 aliphatic rings. The van der Waals surface area contributed by atoms with Gasteiger partial charge in [-0.3, -0.25) is 9.48 Å². The average Bonchev–Trinajstić information content (AvgIpc) is 3.08. The van der Waals surface area contributed by atoms with E-state index in [2.05, 4.69) is 10.4 Å². The Morgan fingerprint density at radius 2 is 2.17 bits per heavy atom. The Morgan fingerprint density at radius 1 is 1.56 bits per heavy atom. The summed E-state index contributed by atoms with van der Waals surface area (Å²) in [7, 11) is 1.74. The molecule has 6 heteroatoms. The summed E-state index contributed by atoms with van der Waals surface area (Å²) in [4.78, 5) is 23.4. The van der Waals surface area contributed by atoms with Crippen LogP contribution >= 0.6 is 0 Å². The van der Waals surface area contributed by atoms with Crippen molar-refractivity contribution in [1.82, 2.24) is 15.1 Å². The Balaban J connectivity index is 2.20. The minimum atomic E-state index is -1.18.